The van der Waals surface area contributed by atoms with Gasteiger partial charge in [-0.3, -0.25) is 9.59 Å². The highest BCUT2D eigenvalue weighted by Gasteiger charge is 2.34. The Balaban J connectivity index is 1.70. The smallest absolute Gasteiger partial charge is 0.250 e. The first-order chi connectivity index (χ1) is 12.5. The lowest BCUT2D eigenvalue weighted by atomic mass is 10.1. The van der Waals surface area contributed by atoms with Gasteiger partial charge in [-0.05, 0) is 55.7 Å². The van der Waals surface area contributed by atoms with Crippen LogP contribution in [-0.4, -0.2) is 29.3 Å². The maximum Gasteiger partial charge on any atom is 0.250 e. The Kier molecular flexibility index (Phi) is 5.74. The maximum absolute atomic E-state index is 12.8. The summed E-state index contributed by atoms with van der Waals surface area (Å²) in [6.45, 7) is 2.39. The predicted molar refractivity (Wildman–Crippen MR) is 105 cm³/mol. The molecule has 1 N–H and O–H groups in total. The molecule has 1 aliphatic rings. The molecule has 0 unspecified atom stereocenters. The molecular formula is C21H21ClN2O2. The lowest BCUT2D eigenvalue weighted by Gasteiger charge is -2.24. The van der Waals surface area contributed by atoms with E-state index in [9.17, 15) is 9.59 Å². The topological polar surface area (TPSA) is 49.4 Å². The van der Waals surface area contributed by atoms with Crippen LogP contribution in [0.3, 0.4) is 0 Å². The van der Waals surface area contributed by atoms with Gasteiger partial charge in [0.25, 0.3) is 0 Å². The van der Waals surface area contributed by atoms with Crippen molar-refractivity contribution in [2.75, 3.05) is 11.9 Å². The molecule has 1 aliphatic heterocycles. The number of benzene rings is 2. The number of carbonyl (C=O) groups excluding carboxylic acids is 2. The number of likely N-dealkylation sites (tertiary alicyclic amines) is 1. The van der Waals surface area contributed by atoms with Crippen LogP contribution >= 0.6 is 11.6 Å². The largest absolute Gasteiger partial charge is 0.327 e. The van der Waals surface area contributed by atoms with Crippen LogP contribution in [0.2, 0.25) is 5.02 Å². The van der Waals surface area contributed by atoms with E-state index in [1.165, 1.54) is 0 Å². The molecule has 26 heavy (non-hydrogen) atoms. The summed E-state index contributed by atoms with van der Waals surface area (Å²) in [6.07, 6.45) is 3.35. The van der Waals surface area contributed by atoms with Gasteiger partial charge in [0.05, 0.1) is 0 Å². The molecule has 134 valence electrons. The molecule has 2 aromatic carbocycles. The van der Waals surface area contributed by atoms with Crippen molar-refractivity contribution in [3.8, 4) is 0 Å². The Labute approximate surface area is 158 Å². The molecule has 3 rings (SSSR count). The van der Waals surface area contributed by atoms with Gasteiger partial charge < -0.3 is 10.2 Å². The third-order valence-corrected chi connectivity index (χ3v) is 4.70. The van der Waals surface area contributed by atoms with Crippen molar-refractivity contribution in [1.29, 1.82) is 0 Å². The van der Waals surface area contributed by atoms with Gasteiger partial charge in [0.2, 0.25) is 11.8 Å². The second kappa shape index (κ2) is 8.19. The Morgan fingerprint density at radius 1 is 1.12 bits per heavy atom. The SMILES string of the molecule is C/C(=C\c1ccccc1)C(=O)N1CCC[C@H]1C(=O)Nc1ccc(Cl)cc1. The van der Waals surface area contributed by atoms with Crippen LogP contribution in [0.25, 0.3) is 6.08 Å². The zero-order valence-electron chi connectivity index (χ0n) is 14.6. The van der Waals surface area contributed by atoms with Gasteiger partial charge in [-0.15, -0.1) is 0 Å². The molecule has 0 aromatic heterocycles. The molecule has 1 fully saturated rings. The fourth-order valence-electron chi connectivity index (χ4n) is 3.13. The van der Waals surface area contributed by atoms with Crippen LogP contribution in [0, 0.1) is 0 Å². The summed E-state index contributed by atoms with van der Waals surface area (Å²) in [7, 11) is 0. The summed E-state index contributed by atoms with van der Waals surface area (Å²) in [5.74, 6) is -0.256. The second-order valence-electron chi connectivity index (χ2n) is 6.39. The van der Waals surface area contributed by atoms with E-state index in [2.05, 4.69) is 5.32 Å². The lowest BCUT2D eigenvalue weighted by Crippen LogP contribution is -2.43. The van der Waals surface area contributed by atoms with Crippen LogP contribution in [0.5, 0.6) is 0 Å². The van der Waals surface area contributed by atoms with Gasteiger partial charge in [-0.2, -0.15) is 0 Å². The molecular weight excluding hydrogens is 348 g/mol. The minimum atomic E-state index is -0.447. The highest BCUT2D eigenvalue weighted by molar-refractivity contribution is 6.30. The average molecular weight is 369 g/mol. The van der Waals surface area contributed by atoms with Gasteiger partial charge in [-0.1, -0.05) is 41.9 Å². The average Bonchev–Trinajstić information content (AvgIpc) is 3.13. The van der Waals surface area contributed by atoms with Crippen LogP contribution in [-0.2, 0) is 9.59 Å². The number of carbonyl (C=O) groups is 2. The number of anilines is 1. The van der Waals surface area contributed by atoms with E-state index in [0.29, 0.717) is 29.2 Å². The van der Waals surface area contributed by atoms with Crippen molar-refractivity contribution < 1.29 is 9.59 Å². The van der Waals surface area contributed by atoms with Crippen molar-refractivity contribution in [3.05, 3.63) is 70.8 Å². The molecule has 0 saturated carbocycles. The molecule has 2 amide bonds. The quantitative estimate of drug-likeness (QED) is 0.814. The Bertz CT molecular complexity index is 816. The molecule has 0 bridgehead atoms. The van der Waals surface area contributed by atoms with Crippen molar-refractivity contribution >= 4 is 35.2 Å². The molecule has 1 saturated heterocycles. The van der Waals surface area contributed by atoms with E-state index < -0.39 is 6.04 Å². The third kappa shape index (κ3) is 4.33. The zero-order valence-corrected chi connectivity index (χ0v) is 15.4. The predicted octanol–water partition coefficient (Wildman–Crippen LogP) is 4.37. The summed E-state index contributed by atoms with van der Waals surface area (Å²) >= 11 is 5.87. The third-order valence-electron chi connectivity index (χ3n) is 4.45. The number of hydrogen-bond acceptors (Lipinski definition) is 2. The van der Waals surface area contributed by atoms with E-state index in [4.69, 9.17) is 11.6 Å². The fourth-order valence-corrected chi connectivity index (χ4v) is 3.25. The van der Waals surface area contributed by atoms with E-state index in [0.717, 1.165) is 12.0 Å². The summed E-state index contributed by atoms with van der Waals surface area (Å²) in [5.41, 5.74) is 2.28. The number of halogens is 1. The van der Waals surface area contributed by atoms with E-state index in [1.54, 1.807) is 36.1 Å². The monoisotopic (exact) mass is 368 g/mol. The number of hydrogen-bond donors (Lipinski definition) is 1. The zero-order chi connectivity index (χ0) is 18.5. The number of nitrogens with one attached hydrogen (secondary N) is 1. The summed E-state index contributed by atoms with van der Waals surface area (Å²) in [4.78, 5) is 27.1. The van der Waals surface area contributed by atoms with Crippen LogP contribution < -0.4 is 5.32 Å². The minimum Gasteiger partial charge on any atom is -0.327 e. The Hall–Kier alpha value is -2.59. The first kappa shape index (κ1) is 18.2. The van der Waals surface area contributed by atoms with E-state index in [-0.39, 0.29) is 11.8 Å². The Morgan fingerprint density at radius 3 is 2.50 bits per heavy atom. The maximum atomic E-state index is 12.8. The minimum absolute atomic E-state index is 0.0948. The first-order valence-corrected chi connectivity index (χ1v) is 9.03. The van der Waals surface area contributed by atoms with Gasteiger partial charge in [0.1, 0.15) is 6.04 Å². The van der Waals surface area contributed by atoms with E-state index in [1.807, 2.05) is 36.4 Å². The number of nitrogens with zero attached hydrogens (tertiary/aromatic N) is 1. The number of rotatable bonds is 4. The van der Waals surface area contributed by atoms with Crippen LogP contribution in [0.4, 0.5) is 5.69 Å². The van der Waals surface area contributed by atoms with Gasteiger partial charge >= 0.3 is 0 Å². The summed E-state index contributed by atoms with van der Waals surface area (Å²) in [6, 6.07) is 16.2. The molecule has 4 nitrogen and oxygen atoms in total. The Morgan fingerprint density at radius 2 is 1.81 bits per heavy atom. The van der Waals surface area contributed by atoms with Crippen LogP contribution in [0.1, 0.15) is 25.3 Å². The molecule has 1 atom stereocenters. The highest BCUT2D eigenvalue weighted by atomic mass is 35.5. The summed E-state index contributed by atoms with van der Waals surface area (Å²) < 4.78 is 0. The lowest BCUT2D eigenvalue weighted by molar-refractivity contribution is -0.133. The molecule has 0 radical (unpaired) electrons. The van der Waals surface area contributed by atoms with Gasteiger partial charge in [0, 0.05) is 22.8 Å². The second-order valence-corrected chi connectivity index (χ2v) is 6.83. The molecule has 2 aromatic rings. The van der Waals surface area contributed by atoms with Crippen molar-refractivity contribution in [1.82, 2.24) is 4.90 Å². The molecule has 5 heteroatoms. The standard InChI is InChI=1S/C21H21ClN2O2/c1-15(14-16-6-3-2-4-7-16)21(26)24-13-5-8-19(24)20(25)23-18-11-9-17(22)10-12-18/h2-4,6-7,9-12,14,19H,5,8,13H2,1H3,(H,23,25)/b15-14+/t19-/m0/s1. The van der Waals surface area contributed by atoms with Crippen molar-refractivity contribution in [2.45, 2.75) is 25.8 Å². The molecule has 0 aliphatic carbocycles. The van der Waals surface area contributed by atoms with Crippen molar-refractivity contribution in [2.24, 2.45) is 0 Å². The van der Waals surface area contributed by atoms with Gasteiger partial charge in [0.15, 0.2) is 0 Å². The summed E-state index contributed by atoms with van der Waals surface area (Å²) in [5, 5.41) is 3.49. The first-order valence-electron chi connectivity index (χ1n) is 8.65. The number of amides is 2. The normalized spacial score (nSPS) is 17.2. The molecule has 1 heterocycles. The van der Waals surface area contributed by atoms with Gasteiger partial charge in [-0.25, -0.2) is 0 Å². The van der Waals surface area contributed by atoms with E-state index >= 15 is 0 Å². The van der Waals surface area contributed by atoms with Crippen LogP contribution in [0.15, 0.2) is 60.2 Å². The fraction of sp³-hybridized carbons (Fsp3) is 0.238. The van der Waals surface area contributed by atoms with Crippen molar-refractivity contribution in [3.63, 3.8) is 0 Å². The highest BCUT2D eigenvalue weighted by Crippen LogP contribution is 2.22. The molecule has 0 spiro atoms.